The topological polar surface area (TPSA) is 84.1 Å². The molecule has 3 heterocycles. The third-order valence-corrected chi connectivity index (χ3v) is 5.48. The molecule has 27 heavy (non-hydrogen) atoms. The highest BCUT2D eigenvalue weighted by molar-refractivity contribution is 8.16. The number of amides is 1. The number of hydrogen-bond donors (Lipinski definition) is 1. The Kier molecular flexibility index (Phi) is 4.82. The molecule has 2 aliphatic heterocycles. The number of hydrogen-bond acceptors (Lipinski definition) is 7. The fourth-order valence-corrected chi connectivity index (χ4v) is 4.19. The first kappa shape index (κ1) is 17.9. The van der Waals surface area contributed by atoms with Crippen molar-refractivity contribution in [1.29, 1.82) is 0 Å². The number of furan rings is 1. The van der Waals surface area contributed by atoms with Gasteiger partial charge in [0.1, 0.15) is 11.8 Å². The van der Waals surface area contributed by atoms with Gasteiger partial charge in [-0.15, -0.1) is 0 Å². The van der Waals surface area contributed by atoms with Crippen LogP contribution in [0.1, 0.15) is 44.9 Å². The van der Waals surface area contributed by atoms with Crippen molar-refractivity contribution in [2.75, 3.05) is 6.61 Å². The summed E-state index contributed by atoms with van der Waals surface area (Å²) < 4.78 is 10.9. The Morgan fingerprint density at radius 3 is 2.93 bits per heavy atom. The smallest absolute Gasteiger partial charge is 0.338 e. The monoisotopic (exact) mass is 387 g/mol. The van der Waals surface area contributed by atoms with E-state index in [2.05, 4.69) is 10.3 Å². The first-order valence-electron chi connectivity index (χ1n) is 9.02. The number of esters is 1. The lowest BCUT2D eigenvalue weighted by molar-refractivity contribution is -0.139. The Labute approximate surface area is 161 Å². The van der Waals surface area contributed by atoms with Crippen LogP contribution in [0.15, 0.2) is 50.2 Å². The van der Waals surface area contributed by atoms with Gasteiger partial charge in [-0.2, -0.15) is 0 Å². The largest absolute Gasteiger partial charge is 0.467 e. The number of carbonyl (C=O) groups is 2. The quantitative estimate of drug-likeness (QED) is 0.755. The van der Waals surface area contributed by atoms with Crippen LogP contribution >= 0.6 is 11.8 Å². The zero-order valence-corrected chi connectivity index (χ0v) is 16.0. The normalized spacial score (nSPS) is 21.6. The Hall–Kier alpha value is -2.48. The molecule has 4 rings (SSSR count). The van der Waals surface area contributed by atoms with Crippen molar-refractivity contribution >= 4 is 28.8 Å². The Morgan fingerprint density at radius 1 is 1.44 bits per heavy atom. The molecule has 1 aromatic rings. The number of thioether (sulfide) groups is 1. The van der Waals surface area contributed by atoms with E-state index in [1.54, 1.807) is 26.2 Å². The minimum absolute atomic E-state index is 0.0206. The van der Waals surface area contributed by atoms with Gasteiger partial charge >= 0.3 is 5.97 Å². The van der Waals surface area contributed by atoms with Crippen molar-refractivity contribution in [2.24, 2.45) is 4.99 Å². The number of carbonyl (C=O) groups excluding carboxylic acids is 2. The predicted octanol–water partition coefficient (Wildman–Crippen LogP) is 3.09. The van der Waals surface area contributed by atoms with E-state index in [1.165, 1.54) is 11.8 Å². The van der Waals surface area contributed by atoms with Crippen molar-refractivity contribution in [3.63, 3.8) is 0 Å². The van der Waals surface area contributed by atoms with Crippen molar-refractivity contribution in [2.45, 2.75) is 45.2 Å². The number of allylic oxidation sites excluding steroid dienone is 1. The molecule has 1 aliphatic carbocycles. The fraction of sp³-hybridized carbons (Fsp3) is 0.421. The number of amidine groups is 1. The first-order chi connectivity index (χ1) is 13.1. The van der Waals surface area contributed by atoms with Crippen molar-refractivity contribution < 1.29 is 18.7 Å². The number of nitrogens with one attached hydrogen (secondary N) is 1. The highest BCUT2D eigenvalue weighted by Gasteiger charge is 2.42. The number of rotatable bonds is 6. The summed E-state index contributed by atoms with van der Waals surface area (Å²) in [5, 5.41) is 5.66. The van der Waals surface area contributed by atoms with Crippen LogP contribution in [0.3, 0.4) is 0 Å². The third-order valence-electron chi connectivity index (χ3n) is 4.59. The van der Waals surface area contributed by atoms with Crippen molar-refractivity contribution in [3.8, 4) is 0 Å². The van der Waals surface area contributed by atoms with Gasteiger partial charge in [0, 0.05) is 11.7 Å². The molecule has 1 aromatic heterocycles. The van der Waals surface area contributed by atoms with E-state index in [4.69, 9.17) is 9.15 Å². The zero-order valence-electron chi connectivity index (χ0n) is 15.2. The van der Waals surface area contributed by atoms with Crippen LogP contribution in [0.2, 0.25) is 0 Å². The maximum Gasteiger partial charge on any atom is 0.338 e. The minimum Gasteiger partial charge on any atom is -0.467 e. The van der Waals surface area contributed by atoms with E-state index in [1.807, 2.05) is 16.4 Å². The molecule has 142 valence electrons. The summed E-state index contributed by atoms with van der Waals surface area (Å²) in [4.78, 5) is 31.5. The maximum atomic E-state index is 12.7. The lowest BCUT2D eigenvalue weighted by atomic mass is 9.99. The molecule has 1 fully saturated rings. The highest BCUT2D eigenvalue weighted by Crippen LogP contribution is 2.44. The molecule has 0 aromatic carbocycles. The van der Waals surface area contributed by atoms with Crippen LogP contribution in [0.4, 0.5) is 0 Å². The van der Waals surface area contributed by atoms with Crippen LogP contribution in [0.25, 0.3) is 0 Å². The van der Waals surface area contributed by atoms with Crippen LogP contribution in [0.5, 0.6) is 0 Å². The molecule has 1 N–H and O–H groups in total. The SMILES string of the molecule is CCOC(=O)C1=C(C)N=C2SC=C(CC(=O)NC3CC3)N2C1c1ccco1. The average molecular weight is 387 g/mol. The van der Waals surface area contributed by atoms with Gasteiger partial charge in [-0.25, -0.2) is 9.79 Å². The van der Waals surface area contributed by atoms with E-state index in [-0.39, 0.29) is 18.9 Å². The molecule has 1 saturated carbocycles. The van der Waals surface area contributed by atoms with Gasteiger partial charge in [0.15, 0.2) is 5.17 Å². The summed E-state index contributed by atoms with van der Waals surface area (Å²) in [5.41, 5.74) is 1.84. The van der Waals surface area contributed by atoms with E-state index in [0.29, 0.717) is 23.1 Å². The molecule has 0 spiro atoms. The molecule has 0 bridgehead atoms. The zero-order chi connectivity index (χ0) is 19.0. The Balaban J connectivity index is 1.67. The van der Waals surface area contributed by atoms with Crippen LogP contribution in [0, 0.1) is 0 Å². The lowest BCUT2D eigenvalue weighted by Gasteiger charge is -2.34. The van der Waals surface area contributed by atoms with Gasteiger partial charge in [-0.05, 0) is 44.2 Å². The van der Waals surface area contributed by atoms with Crippen LogP contribution in [-0.4, -0.2) is 34.6 Å². The van der Waals surface area contributed by atoms with Gasteiger partial charge in [-0.3, -0.25) is 4.79 Å². The molecule has 7 nitrogen and oxygen atoms in total. The molecule has 0 saturated heterocycles. The summed E-state index contributed by atoms with van der Waals surface area (Å²) >= 11 is 1.45. The lowest BCUT2D eigenvalue weighted by Crippen LogP contribution is -2.38. The van der Waals surface area contributed by atoms with Crippen LogP contribution < -0.4 is 5.32 Å². The standard InChI is InChI=1S/C19H21N3O4S/c1-3-25-18(24)16-11(2)20-19-22(17(16)14-5-4-8-26-14)13(10-27-19)9-15(23)21-12-6-7-12/h4-5,8,10,12,17H,3,6-7,9H2,1-2H3,(H,21,23). The maximum absolute atomic E-state index is 12.7. The van der Waals surface area contributed by atoms with E-state index in [9.17, 15) is 9.59 Å². The minimum atomic E-state index is -0.499. The van der Waals surface area contributed by atoms with Gasteiger partial charge < -0.3 is 19.4 Å². The van der Waals surface area contributed by atoms with Crippen LogP contribution in [-0.2, 0) is 14.3 Å². The second kappa shape index (κ2) is 7.26. The number of fused-ring (bicyclic) bond motifs is 1. The first-order valence-corrected chi connectivity index (χ1v) is 9.90. The second-order valence-corrected chi connectivity index (χ2v) is 7.48. The molecule has 1 unspecified atom stereocenters. The van der Waals surface area contributed by atoms with Crippen molar-refractivity contribution in [1.82, 2.24) is 10.2 Å². The molecular weight excluding hydrogens is 366 g/mol. The second-order valence-electron chi connectivity index (χ2n) is 6.65. The summed E-state index contributed by atoms with van der Waals surface area (Å²) in [6.07, 6.45) is 3.89. The summed E-state index contributed by atoms with van der Waals surface area (Å²) in [5.74, 6) is 0.173. The van der Waals surface area contributed by atoms with E-state index in [0.717, 1.165) is 23.7 Å². The predicted molar refractivity (Wildman–Crippen MR) is 102 cm³/mol. The van der Waals surface area contributed by atoms with Gasteiger partial charge in [0.05, 0.1) is 30.6 Å². The van der Waals surface area contributed by atoms with Gasteiger partial charge in [0.2, 0.25) is 5.91 Å². The summed E-state index contributed by atoms with van der Waals surface area (Å²) in [6, 6.07) is 3.41. The molecule has 3 aliphatic rings. The fourth-order valence-electron chi connectivity index (χ4n) is 3.23. The number of ether oxygens (including phenoxy) is 1. The molecular formula is C19H21N3O4S. The average Bonchev–Trinajstić information content (AvgIpc) is 3.12. The molecule has 1 amide bonds. The van der Waals surface area contributed by atoms with Crippen molar-refractivity contribution in [3.05, 3.63) is 46.5 Å². The summed E-state index contributed by atoms with van der Waals surface area (Å²) in [7, 11) is 0. The number of nitrogens with zero attached hydrogens (tertiary/aromatic N) is 2. The van der Waals surface area contributed by atoms with Gasteiger partial charge in [-0.1, -0.05) is 11.8 Å². The van der Waals surface area contributed by atoms with E-state index < -0.39 is 12.0 Å². The Morgan fingerprint density at radius 2 is 2.26 bits per heavy atom. The number of aliphatic imine (C=N–C) groups is 1. The highest BCUT2D eigenvalue weighted by atomic mass is 32.2. The molecule has 1 atom stereocenters. The Bertz CT molecular complexity index is 852. The van der Waals surface area contributed by atoms with Gasteiger partial charge in [0.25, 0.3) is 0 Å². The summed E-state index contributed by atoms with van der Waals surface area (Å²) in [6.45, 7) is 3.84. The van der Waals surface area contributed by atoms with E-state index >= 15 is 0 Å². The molecule has 0 radical (unpaired) electrons. The molecule has 8 heteroatoms. The third kappa shape index (κ3) is 3.53.